The molecule has 5 rings (SSSR count). The molecule has 2 N–H and O–H groups in total. The van der Waals surface area contributed by atoms with Crippen LogP contribution in [0, 0.1) is 0 Å². The molecular weight excluding hydrogens is 410 g/mol. The number of para-hydroxylation sites is 1. The Morgan fingerprint density at radius 2 is 1.76 bits per heavy atom. The van der Waals surface area contributed by atoms with Crippen LogP contribution in [0.25, 0.3) is 22.0 Å². The summed E-state index contributed by atoms with van der Waals surface area (Å²) in [7, 11) is 2.18. The molecule has 0 saturated carbocycles. The largest absolute Gasteiger partial charge is 0.508 e. The first-order chi connectivity index (χ1) is 16.1. The van der Waals surface area contributed by atoms with E-state index in [1.165, 1.54) is 11.3 Å². The molecule has 1 aromatic heterocycles. The van der Waals surface area contributed by atoms with Crippen LogP contribution in [0.4, 0.5) is 17.3 Å². The molecule has 0 radical (unpaired) electrons. The summed E-state index contributed by atoms with van der Waals surface area (Å²) < 4.78 is 0. The van der Waals surface area contributed by atoms with Crippen LogP contribution in [-0.2, 0) is 6.42 Å². The summed E-state index contributed by atoms with van der Waals surface area (Å²) in [6, 6.07) is 19.8. The topological polar surface area (TPSA) is 64.5 Å². The molecule has 2 heterocycles. The van der Waals surface area contributed by atoms with Crippen molar-refractivity contribution in [3.8, 4) is 16.9 Å². The zero-order valence-corrected chi connectivity index (χ0v) is 19.1. The normalized spacial score (nSPS) is 14.5. The van der Waals surface area contributed by atoms with Gasteiger partial charge in [-0.3, -0.25) is 0 Å². The van der Waals surface area contributed by atoms with E-state index in [1.807, 2.05) is 36.5 Å². The van der Waals surface area contributed by atoms with Gasteiger partial charge in [-0.2, -0.15) is 0 Å². The van der Waals surface area contributed by atoms with Crippen LogP contribution in [0.15, 0.2) is 66.9 Å². The lowest BCUT2D eigenvalue weighted by Gasteiger charge is -2.35. The first kappa shape index (κ1) is 21.2. The molecule has 1 aliphatic rings. The van der Waals surface area contributed by atoms with Gasteiger partial charge in [0.05, 0.1) is 5.52 Å². The second kappa shape index (κ2) is 9.08. The summed E-state index contributed by atoms with van der Waals surface area (Å²) in [6.45, 7) is 6.51. The SMILES string of the molecule is CCc1cc(Nc2ncc3cccc(-c4ccc(O)cc4)c3n2)ccc1N1CCN(C)CC1. The van der Waals surface area contributed by atoms with Crippen LogP contribution in [-0.4, -0.2) is 53.2 Å². The molecule has 0 spiro atoms. The van der Waals surface area contributed by atoms with Crippen molar-refractivity contribution in [1.82, 2.24) is 14.9 Å². The van der Waals surface area contributed by atoms with Gasteiger partial charge in [0.2, 0.25) is 5.95 Å². The first-order valence-electron chi connectivity index (χ1n) is 11.5. The van der Waals surface area contributed by atoms with Crippen LogP contribution in [0.5, 0.6) is 5.75 Å². The quantitative estimate of drug-likeness (QED) is 0.453. The zero-order chi connectivity index (χ0) is 22.8. The smallest absolute Gasteiger partial charge is 0.227 e. The first-order valence-corrected chi connectivity index (χ1v) is 11.5. The molecule has 0 atom stereocenters. The Morgan fingerprint density at radius 3 is 2.52 bits per heavy atom. The standard InChI is InChI=1S/C27H29N5O/c1-3-19-17-22(9-12-25(19)32-15-13-31(2)14-16-32)29-27-28-18-21-5-4-6-24(26(21)30-27)20-7-10-23(33)11-8-20/h4-12,17-18,33H,3,13-16H2,1-2H3,(H,28,29,30). The maximum atomic E-state index is 9.64. The van der Waals surface area contributed by atoms with Gasteiger partial charge in [0.25, 0.3) is 0 Å². The van der Waals surface area contributed by atoms with E-state index in [9.17, 15) is 5.11 Å². The molecule has 3 aromatic carbocycles. The molecule has 0 aliphatic carbocycles. The van der Waals surface area contributed by atoms with Gasteiger partial charge in [-0.1, -0.05) is 37.3 Å². The number of likely N-dealkylation sites (N-methyl/N-ethyl adjacent to an activating group) is 1. The molecule has 6 nitrogen and oxygen atoms in total. The van der Waals surface area contributed by atoms with Gasteiger partial charge in [-0.05, 0) is 54.9 Å². The monoisotopic (exact) mass is 439 g/mol. The molecule has 1 aliphatic heterocycles. The molecule has 168 valence electrons. The molecule has 1 saturated heterocycles. The number of anilines is 3. The molecular formula is C27H29N5O. The fourth-order valence-electron chi connectivity index (χ4n) is 4.42. The fourth-order valence-corrected chi connectivity index (χ4v) is 4.42. The van der Waals surface area contributed by atoms with Crippen molar-refractivity contribution in [2.45, 2.75) is 13.3 Å². The fraction of sp³-hybridized carbons (Fsp3) is 0.259. The summed E-state index contributed by atoms with van der Waals surface area (Å²) in [4.78, 5) is 14.3. The minimum Gasteiger partial charge on any atom is -0.508 e. The van der Waals surface area contributed by atoms with Gasteiger partial charge >= 0.3 is 0 Å². The molecule has 0 unspecified atom stereocenters. The van der Waals surface area contributed by atoms with Crippen molar-refractivity contribution < 1.29 is 5.11 Å². The minimum atomic E-state index is 0.253. The lowest BCUT2D eigenvalue weighted by Crippen LogP contribution is -2.44. The van der Waals surface area contributed by atoms with Gasteiger partial charge in [-0.15, -0.1) is 0 Å². The van der Waals surface area contributed by atoms with Gasteiger partial charge in [0.15, 0.2) is 0 Å². The number of aryl methyl sites for hydroxylation is 1. The van der Waals surface area contributed by atoms with E-state index in [0.717, 1.165) is 60.3 Å². The molecule has 0 bridgehead atoms. The highest BCUT2D eigenvalue weighted by molar-refractivity contribution is 5.94. The van der Waals surface area contributed by atoms with Crippen LogP contribution in [0.3, 0.4) is 0 Å². The summed E-state index contributed by atoms with van der Waals surface area (Å²) in [5.41, 5.74) is 6.54. The Morgan fingerprint density at radius 1 is 0.970 bits per heavy atom. The van der Waals surface area contributed by atoms with Crippen molar-refractivity contribution in [3.63, 3.8) is 0 Å². The number of aromatic nitrogens is 2. The molecule has 4 aromatic rings. The lowest BCUT2D eigenvalue weighted by molar-refractivity contribution is 0.312. The Hall–Kier alpha value is -3.64. The van der Waals surface area contributed by atoms with E-state index in [1.54, 1.807) is 12.1 Å². The Balaban J connectivity index is 1.44. The number of hydrogen-bond acceptors (Lipinski definition) is 6. The lowest BCUT2D eigenvalue weighted by atomic mass is 10.0. The number of hydrogen-bond donors (Lipinski definition) is 2. The summed E-state index contributed by atoms with van der Waals surface area (Å²) in [6.07, 6.45) is 2.83. The number of rotatable bonds is 5. The van der Waals surface area contributed by atoms with E-state index < -0.39 is 0 Å². The average Bonchev–Trinajstić information content (AvgIpc) is 2.85. The average molecular weight is 440 g/mol. The van der Waals surface area contributed by atoms with Crippen molar-refractivity contribution in [2.24, 2.45) is 0 Å². The Bertz CT molecular complexity index is 1260. The van der Waals surface area contributed by atoms with Crippen molar-refractivity contribution in [1.29, 1.82) is 0 Å². The van der Waals surface area contributed by atoms with Crippen LogP contribution in [0.2, 0.25) is 0 Å². The van der Waals surface area contributed by atoms with E-state index in [0.29, 0.717) is 5.95 Å². The number of phenols is 1. The third kappa shape index (κ3) is 4.47. The van der Waals surface area contributed by atoms with Gasteiger partial charge in [0, 0.05) is 54.7 Å². The predicted molar refractivity (Wildman–Crippen MR) is 135 cm³/mol. The zero-order valence-electron chi connectivity index (χ0n) is 19.1. The van der Waals surface area contributed by atoms with Crippen LogP contribution in [0.1, 0.15) is 12.5 Å². The van der Waals surface area contributed by atoms with Crippen LogP contribution < -0.4 is 10.2 Å². The molecule has 1 fully saturated rings. The summed E-state index contributed by atoms with van der Waals surface area (Å²) in [5.74, 6) is 0.825. The van der Waals surface area contributed by atoms with Gasteiger partial charge in [0.1, 0.15) is 5.75 Å². The maximum absolute atomic E-state index is 9.64. The third-order valence-corrected chi connectivity index (χ3v) is 6.35. The van der Waals surface area contributed by atoms with Gasteiger partial charge in [-0.25, -0.2) is 9.97 Å². The number of piperazine rings is 1. The molecule has 33 heavy (non-hydrogen) atoms. The van der Waals surface area contributed by atoms with E-state index in [2.05, 4.69) is 52.3 Å². The molecule has 6 heteroatoms. The highest BCUT2D eigenvalue weighted by atomic mass is 16.3. The number of nitrogens with one attached hydrogen (secondary N) is 1. The van der Waals surface area contributed by atoms with Crippen molar-refractivity contribution in [2.75, 3.05) is 43.4 Å². The minimum absolute atomic E-state index is 0.253. The molecule has 0 amide bonds. The highest BCUT2D eigenvalue weighted by Crippen LogP contribution is 2.30. The van der Waals surface area contributed by atoms with E-state index in [4.69, 9.17) is 4.98 Å². The predicted octanol–water partition coefficient (Wildman–Crippen LogP) is 5.06. The number of fused-ring (bicyclic) bond motifs is 1. The Labute approximate surface area is 194 Å². The highest BCUT2D eigenvalue weighted by Gasteiger charge is 2.17. The number of aromatic hydroxyl groups is 1. The van der Waals surface area contributed by atoms with Crippen molar-refractivity contribution in [3.05, 3.63) is 72.4 Å². The number of benzene rings is 3. The maximum Gasteiger partial charge on any atom is 0.227 e. The van der Waals surface area contributed by atoms with Crippen molar-refractivity contribution >= 4 is 28.2 Å². The second-order valence-electron chi connectivity index (χ2n) is 8.60. The number of nitrogens with zero attached hydrogens (tertiary/aromatic N) is 4. The second-order valence-corrected chi connectivity index (χ2v) is 8.60. The van der Waals surface area contributed by atoms with Crippen LogP contribution >= 0.6 is 0 Å². The summed E-state index contributed by atoms with van der Waals surface area (Å²) >= 11 is 0. The number of phenolic OH excluding ortho intramolecular Hbond substituents is 1. The third-order valence-electron chi connectivity index (χ3n) is 6.35. The van der Waals surface area contributed by atoms with E-state index >= 15 is 0 Å². The van der Waals surface area contributed by atoms with E-state index in [-0.39, 0.29) is 5.75 Å². The van der Waals surface area contributed by atoms with Gasteiger partial charge < -0.3 is 20.2 Å². The Kier molecular flexibility index (Phi) is 5.84. The summed E-state index contributed by atoms with van der Waals surface area (Å²) in [5, 5.41) is 14.0.